The maximum absolute atomic E-state index is 12.0. The van der Waals surface area contributed by atoms with Gasteiger partial charge in [0.1, 0.15) is 11.4 Å². The van der Waals surface area contributed by atoms with Gasteiger partial charge in [-0.2, -0.15) is 5.10 Å². The van der Waals surface area contributed by atoms with Crippen molar-refractivity contribution in [1.29, 1.82) is 0 Å². The molecule has 1 aliphatic heterocycles. The fraction of sp³-hybridized carbons (Fsp3) is 0.320. The van der Waals surface area contributed by atoms with E-state index in [0.717, 1.165) is 30.7 Å². The maximum Gasteiger partial charge on any atom is 0.294 e. The molecule has 4 aromatic rings. The Kier molecular flexibility index (Phi) is 7.54. The third-order valence-corrected chi connectivity index (χ3v) is 6.71. The summed E-state index contributed by atoms with van der Waals surface area (Å²) in [6, 6.07) is 8.78. The summed E-state index contributed by atoms with van der Waals surface area (Å²) in [6.07, 6.45) is 4.99. The average molecular weight is 539 g/mol. The van der Waals surface area contributed by atoms with E-state index in [1.165, 1.54) is 19.4 Å². The van der Waals surface area contributed by atoms with Gasteiger partial charge in [-0.3, -0.25) is 15.0 Å². The third-order valence-electron chi connectivity index (χ3n) is 6.43. The number of likely N-dealkylation sites (N-methyl/N-ethyl adjacent to an activating group) is 1. The molecule has 0 spiro atoms. The molecule has 1 aliphatic rings. The second kappa shape index (κ2) is 11.2. The van der Waals surface area contributed by atoms with Gasteiger partial charge in [-0.15, -0.1) is 0 Å². The molecule has 3 aromatic heterocycles. The molecular formula is C25H27ClN8O4. The van der Waals surface area contributed by atoms with Gasteiger partial charge in [-0.1, -0.05) is 17.7 Å². The molecule has 1 aromatic carbocycles. The number of nitro groups is 1. The number of fused-ring (bicyclic) bond motifs is 1. The molecular weight excluding hydrogens is 512 g/mol. The fourth-order valence-corrected chi connectivity index (χ4v) is 4.56. The van der Waals surface area contributed by atoms with Crippen molar-refractivity contribution < 1.29 is 14.4 Å². The highest BCUT2D eigenvalue weighted by Crippen LogP contribution is 2.39. The van der Waals surface area contributed by atoms with Crippen LogP contribution in [0.2, 0.25) is 5.02 Å². The highest BCUT2D eigenvalue weighted by Gasteiger charge is 2.23. The van der Waals surface area contributed by atoms with Crippen LogP contribution in [-0.4, -0.2) is 83.0 Å². The van der Waals surface area contributed by atoms with Crippen LogP contribution in [0.5, 0.6) is 5.75 Å². The Labute approximate surface area is 223 Å². The predicted octanol–water partition coefficient (Wildman–Crippen LogP) is 3.87. The standard InChI is InChI=1S/C25H27ClN8O4/c1-31(7-8-32-9-11-38-12-10-32)21-14-23(37-2)19(13-22(21)34(35)36)29-25-27-16-18(26)24(30-25)17-15-28-33-6-4-3-5-20(17)33/h3-6,13-16H,7-12H2,1-2H3,(H,27,29,30). The van der Waals surface area contributed by atoms with Crippen LogP contribution in [0.15, 0.2) is 48.9 Å². The number of benzene rings is 1. The number of anilines is 3. The summed E-state index contributed by atoms with van der Waals surface area (Å²) in [4.78, 5) is 24.6. The first kappa shape index (κ1) is 25.6. The number of hydrogen-bond acceptors (Lipinski definition) is 10. The molecule has 13 heteroatoms. The molecule has 0 aliphatic carbocycles. The van der Waals surface area contributed by atoms with Crippen LogP contribution >= 0.6 is 11.6 Å². The molecule has 0 atom stereocenters. The van der Waals surface area contributed by atoms with Crippen LogP contribution in [-0.2, 0) is 4.74 Å². The Bertz CT molecular complexity index is 1460. The SMILES string of the molecule is COc1cc(N(C)CCN2CCOCC2)c([N+](=O)[O-])cc1Nc1ncc(Cl)c(-c2cnn3ccccc23)n1. The Morgan fingerprint density at radius 2 is 2.08 bits per heavy atom. The summed E-state index contributed by atoms with van der Waals surface area (Å²) >= 11 is 6.44. The Balaban J connectivity index is 1.43. The number of aromatic nitrogens is 4. The van der Waals surface area contributed by atoms with Gasteiger partial charge in [0.15, 0.2) is 0 Å². The zero-order valence-electron chi connectivity index (χ0n) is 21.0. The summed E-state index contributed by atoms with van der Waals surface area (Å²) < 4.78 is 12.7. The quantitative estimate of drug-likeness (QED) is 0.248. The number of morpholine rings is 1. The van der Waals surface area contributed by atoms with Gasteiger partial charge in [0, 0.05) is 57.1 Å². The van der Waals surface area contributed by atoms with Crippen molar-refractivity contribution in [3.63, 3.8) is 0 Å². The molecule has 0 saturated carbocycles. The van der Waals surface area contributed by atoms with E-state index in [2.05, 4.69) is 25.3 Å². The molecule has 1 saturated heterocycles. The van der Waals surface area contributed by atoms with Crippen LogP contribution in [0.25, 0.3) is 16.8 Å². The lowest BCUT2D eigenvalue weighted by Gasteiger charge is -2.29. The van der Waals surface area contributed by atoms with Gasteiger partial charge in [0.2, 0.25) is 5.95 Å². The molecule has 12 nitrogen and oxygen atoms in total. The minimum Gasteiger partial charge on any atom is -0.494 e. The Morgan fingerprint density at radius 1 is 1.26 bits per heavy atom. The van der Waals surface area contributed by atoms with Crippen LogP contribution in [0.3, 0.4) is 0 Å². The Morgan fingerprint density at radius 3 is 2.84 bits per heavy atom. The number of pyridine rings is 1. The molecule has 1 fully saturated rings. The van der Waals surface area contributed by atoms with Crippen LogP contribution in [0.1, 0.15) is 0 Å². The zero-order valence-corrected chi connectivity index (χ0v) is 21.8. The van der Waals surface area contributed by atoms with E-state index >= 15 is 0 Å². The number of nitrogens with zero attached hydrogens (tertiary/aromatic N) is 7. The summed E-state index contributed by atoms with van der Waals surface area (Å²) in [5.41, 5.74) is 2.80. The van der Waals surface area contributed by atoms with E-state index in [-0.39, 0.29) is 11.6 Å². The third kappa shape index (κ3) is 5.32. The lowest BCUT2D eigenvalue weighted by atomic mass is 10.2. The molecule has 0 unspecified atom stereocenters. The Hall–Kier alpha value is -4.00. The first-order chi connectivity index (χ1) is 18.4. The smallest absolute Gasteiger partial charge is 0.294 e. The molecule has 0 amide bonds. The number of rotatable bonds is 9. The number of ether oxygens (including phenoxy) is 2. The average Bonchev–Trinajstić information content (AvgIpc) is 3.37. The summed E-state index contributed by atoms with van der Waals surface area (Å²) in [6.45, 7) is 4.47. The second-order valence-corrected chi connectivity index (χ2v) is 9.18. The van der Waals surface area contributed by atoms with E-state index in [9.17, 15) is 10.1 Å². The molecule has 1 N–H and O–H groups in total. The summed E-state index contributed by atoms with van der Waals surface area (Å²) in [7, 11) is 3.34. The van der Waals surface area contributed by atoms with E-state index in [4.69, 9.17) is 21.1 Å². The normalized spacial score (nSPS) is 14.0. The van der Waals surface area contributed by atoms with Crippen molar-refractivity contribution in [2.75, 3.05) is 63.8 Å². The van der Waals surface area contributed by atoms with Crippen LogP contribution in [0.4, 0.5) is 23.0 Å². The lowest BCUT2D eigenvalue weighted by Crippen LogP contribution is -2.40. The van der Waals surface area contributed by atoms with E-state index in [1.807, 2.05) is 36.3 Å². The first-order valence-electron chi connectivity index (χ1n) is 12.0. The van der Waals surface area contributed by atoms with Gasteiger partial charge < -0.3 is 19.7 Å². The van der Waals surface area contributed by atoms with Crippen LogP contribution < -0.4 is 15.0 Å². The van der Waals surface area contributed by atoms with Gasteiger partial charge in [-0.05, 0) is 12.1 Å². The fourth-order valence-electron chi connectivity index (χ4n) is 4.37. The number of halogens is 1. The van der Waals surface area contributed by atoms with E-state index in [1.54, 1.807) is 16.8 Å². The minimum absolute atomic E-state index is 0.0606. The maximum atomic E-state index is 12.0. The highest BCUT2D eigenvalue weighted by atomic mass is 35.5. The monoisotopic (exact) mass is 538 g/mol. The van der Waals surface area contributed by atoms with E-state index < -0.39 is 4.92 Å². The van der Waals surface area contributed by atoms with Crippen LogP contribution in [0, 0.1) is 10.1 Å². The molecule has 38 heavy (non-hydrogen) atoms. The van der Waals surface area contributed by atoms with Crippen molar-refractivity contribution >= 4 is 40.1 Å². The number of nitrogens with one attached hydrogen (secondary N) is 1. The van der Waals surface area contributed by atoms with Crippen molar-refractivity contribution in [2.45, 2.75) is 0 Å². The van der Waals surface area contributed by atoms with Gasteiger partial charge in [0.25, 0.3) is 5.69 Å². The van der Waals surface area contributed by atoms with Gasteiger partial charge in [-0.25, -0.2) is 14.5 Å². The molecule has 5 rings (SSSR count). The molecule has 0 bridgehead atoms. The lowest BCUT2D eigenvalue weighted by molar-refractivity contribution is -0.384. The number of nitro benzene ring substituents is 1. The minimum atomic E-state index is -0.404. The molecule has 0 radical (unpaired) electrons. The number of hydrogen-bond donors (Lipinski definition) is 1. The van der Waals surface area contributed by atoms with Crippen molar-refractivity contribution in [1.82, 2.24) is 24.5 Å². The first-order valence-corrected chi connectivity index (χ1v) is 12.4. The summed E-state index contributed by atoms with van der Waals surface area (Å²) in [5, 5.41) is 19.8. The largest absolute Gasteiger partial charge is 0.494 e. The van der Waals surface area contributed by atoms with E-state index in [0.29, 0.717) is 47.6 Å². The summed E-state index contributed by atoms with van der Waals surface area (Å²) in [5.74, 6) is 0.626. The number of methoxy groups -OCH3 is 1. The van der Waals surface area contributed by atoms with Crippen molar-refractivity contribution in [3.8, 4) is 17.0 Å². The molecule has 4 heterocycles. The van der Waals surface area contributed by atoms with Crippen molar-refractivity contribution in [2.24, 2.45) is 0 Å². The van der Waals surface area contributed by atoms with Gasteiger partial charge in [0.05, 0.1) is 59.6 Å². The second-order valence-electron chi connectivity index (χ2n) is 8.78. The van der Waals surface area contributed by atoms with Crippen molar-refractivity contribution in [3.05, 3.63) is 64.1 Å². The topological polar surface area (TPSA) is 123 Å². The predicted molar refractivity (Wildman–Crippen MR) is 145 cm³/mol. The zero-order chi connectivity index (χ0) is 26.6. The molecule has 198 valence electrons. The van der Waals surface area contributed by atoms with Gasteiger partial charge >= 0.3 is 0 Å². The highest BCUT2D eigenvalue weighted by molar-refractivity contribution is 6.33.